The predicted octanol–water partition coefficient (Wildman–Crippen LogP) is 0.572. The Labute approximate surface area is 120 Å². The van der Waals surface area contributed by atoms with Gasteiger partial charge in [0, 0.05) is 39.8 Å². The van der Waals surface area contributed by atoms with E-state index < -0.39 is 5.97 Å². The van der Waals surface area contributed by atoms with Crippen molar-refractivity contribution in [2.75, 3.05) is 39.9 Å². The van der Waals surface area contributed by atoms with Crippen molar-refractivity contribution < 1.29 is 19.4 Å². The summed E-state index contributed by atoms with van der Waals surface area (Å²) in [4.78, 5) is 24.5. The lowest BCUT2D eigenvalue weighted by atomic mass is 9.97. The number of carbonyl (C=O) groups excluding carboxylic acids is 1. The number of amides is 1. The highest BCUT2D eigenvalue weighted by Crippen LogP contribution is 2.17. The Kier molecular flexibility index (Phi) is 7.54. The molecule has 1 amide bonds. The SMILES string of the molecule is COCC(C)CC(=O)N1CCCC(CNCC(=O)O)C1. The van der Waals surface area contributed by atoms with Crippen molar-refractivity contribution in [1.82, 2.24) is 10.2 Å². The number of nitrogens with zero attached hydrogens (tertiary/aromatic N) is 1. The van der Waals surface area contributed by atoms with E-state index in [1.165, 1.54) is 0 Å². The van der Waals surface area contributed by atoms with Crippen molar-refractivity contribution in [3.05, 3.63) is 0 Å². The second-order valence-electron chi connectivity index (χ2n) is 5.64. The number of nitrogens with one attached hydrogen (secondary N) is 1. The highest BCUT2D eigenvalue weighted by atomic mass is 16.5. The second kappa shape index (κ2) is 8.92. The summed E-state index contributed by atoms with van der Waals surface area (Å²) in [6.07, 6.45) is 2.55. The summed E-state index contributed by atoms with van der Waals surface area (Å²) >= 11 is 0. The molecule has 1 fully saturated rings. The summed E-state index contributed by atoms with van der Waals surface area (Å²) in [7, 11) is 1.64. The Morgan fingerprint density at radius 2 is 2.25 bits per heavy atom. The molecule has 116 valence electrons. The molecule has 0 spiro atoms. The van der Waals surface area contributed by atoms with Crippen LogP contribution >= 0.6 is 0 Å². The van der Waals surface area contributed by atoms with Crippen molar-refractivity contribution in [3.63, 3.8) is 0 Å². The van der Waals surface area contributed by atoms with Crippen molar-refractivity contribution in [2.24, 2.45) is 11.8 Å². The van der Waals surface area contributed by atoms with Crippen LogP contribution in [-0.2, 0) is 14.3 Å². The molecule has 2 unspecified atom stereocenters. The molecule has 1 saturated heterocycles. The number of rotatable bonds is 8. The Morgan fingerprint density at radius 1 is 1.50 bits per heavy atom. The minimum Gasteiger partial charge on any atom is -0.480 e. The Morgan fingerprint density at radius 3 is 2.90 bits per heavy atom. The third-order valence-corrected chi connectivity index (χ3v) is 3.56. The number of hydrogen-bond acceptors (Lipinski definition) is 4. The number of hydrogen-bond donors (Lipinski definition) is 2. The zero-order valence-electron chi connectivity index (χ0n) is 12.4. The van der Waals surface area contributed by atoms with E-state index in [9.17, 15) is 9.59 Å². The lowest BCUT2D eigenvalue weighted by molar-refractivity contribution is -0.136. The summed E-state index contributed by atoms with van der Waals surface area (Å²) in [6, 6.07) is 0. The van der Waals surface area contributed by atoms with E-state index in [2.05, 4.69) is 5.32 Å². The van der Waals surface area contributed by atoms with Crippen molar-refractivity contribution in [3.8, 4) is 0 Å². The molecule has 1 aliphatic rings. The average molecular weight is 286 g/mol. The van der Waals surface area contributed by atoms with Crippen LogP contribution in [0.1, 0.15) is 26.2 Å². The number of piperidine rings is 1. The number of carboxylic acid groups (broad SMARTS) is 1. The van der Waals surface area contributed by atoms with Crippen LogP contribution in [0.25, 0.3) is 0 Å². The van der Waals surface area contributed by atoms with E-state index in [-0.39, 0.29) is 18.4 Å². The number of aliphatic carboxylic acids is 1. The molecular weight excluding hydrogens is 260 g/mol. The van der Waals surface area contributed by atoms with Gasteiger partial charge in [-0.15, -0.1) is 0 Å². The number of methoxy groups -OCH3 is 1. The number of ether oxygens (including phenoxy) is 1. The van der Waals surface area contributed by atoms with Crippen LogP contribution in [0, 0.1) is 11.8 Å². The van der Waals surface area contributed by atoms with Crippen LogP contribution in [-0.4, -0.2) is 61.8 Å². The van der Waals surface area contributed by atoms with Crippen LogP contribution in [0.15, 0.2) is 0 Å². The summed E-state index contributed by atoms with van der Waals surface area (Å²) in [5, 5.41) is 11.5. The molecule has 2 N–H and O–H groups in total. The van der Waals surface area contributed by atoms with Crippen LogP contribution in [0.3, 0.4) is 0 Å². The van der Waals surface area contributed by atoms with E-state index in [1.807, 2.05) is 11.8 Å². The first-order chi connectivity index (χ1) is 9.52. The van der Waals surface area contributed by atoms with Gasteiger partial charge in [-0.3, -0.25) is 9.59 Å². The Hall–Kier alpha value is -1.14. The molecule has 0 aromatic carbocycles. The Bertz CT molecular complexity index is 322. The molecule has 0 saturated carbocycles. The molecule has 1 heterocycles. The van der Waals surface area contributed by atoms with Gasteiger partial charge < -0.3 is 20.1 Å². The first-order valence-corrected chi connectivity index (χ1v) is 7.22. The molecule has 0 aromatic rings. The molecule has 20 heavy (non-hydrogen) atoms. The fraction of sp³-hybridized carbons (Fsp3) is 0.857. The van der Waals surface area contributed by atoms with E-state index in [0.717, 1.165) is 25.9 Å². The molecule has 0 aliphatic carbocycles. The maximum absolute atomic E-state index is 12.2. The number of likely N-dealkylation sites (tertiary alicyclic amines) is 1. The largest absolute Gasteiger partial charge is 0.480 e. The van der Waals surface area contributed by atoms with Gasteiger partial charge in [-0.25, -0.2) is 0 Å². The highest BCUT2D eigenvalue weighted by molar-refractivity contribution is 5.76. The van der Waals surface area contributed by atoms with E-state index in [4.69, 9.17) is 9.84 Å². The summed E-state index contributed by atoms with van der Waals surface area (Å²) in [5.74, 6) is -0.0811. The minimum absolute atomic E-state index is 0.0185. The zero-order chi connectivity index (χ0) is 15.0. The fourth-order valence-corrected chi connectivity index (χ4v) is 2.61. The summed E-state index contributed by atoms with van der Waals surface area (Å²) < 4.78 is 5.05. The minimum atomic E-state index is -0.845. The maximum Gasteiger partial charge on any atom is 0.317 e. The molecule has 0 bridgehead atoms. The van der Waals surface area contributed by atoms with Gasteiger partial charge in [0.05, 0.1) is 6.54 Å². The van der Waals surface area contributed by atoms with Gasteiger partial charge in [0.25, 0.3) is 0 Å². The van der Waals surface area contributed by atoms with Gasteiger partial charge in [0.2, 0.25) is 5.91 Å². The molecule has 6 nitrogen and oxygen atoms in total. The van der Waals surface area contributed by atoms with Crippen molar-refractivity contribution in [1.29, 1.82) is 0 Å². The lowest BCUT2D eigenvalue weighted by Crippen LogP contribution is -2.44. The summed E-state index contributed by atoms with van der Waals surface area (Å²) in [6.45, 7) is 4.79. The lowest BCUT2D eigenvalue weighted by Gasteiger charge is -2.33. The van der Waals surface area contributed by atoms with Crippen LogP contribution < -0.4 is 5.32 Å². The van der Waals surface area contributed by atoms with E-state index in [1.54, 1.807) is 7.11 Å². The topological polar surface area (TPSA) is 78.9 Å². The molecule has 0 aromatic heterocycles. The molecule has 6 heteroatoms. The highest BCUT2D eigenvalue weighted by Gasteiger charge is 2.24. The van der Waals surface area contributed by atoms with Gasteiger partial charge >= 0.3 is 5.97 Å². The third kappa shape index (κ3) is 6.34. The standard InChI is InChI=1S/C14H26N2O4/c1-11(10-20-2)6-13(17)16-5-3-4-12(9-16)7-15-8-14(18)19/h11-12,15H,3-10H2,1-2H3,(H,18,19). The van der Waals surface area contributed by atoms with Gasteiger partial charge in [-0.2, -0.15) is 0 Å². The normalized spacial score (nSPS) is 20.7. The maximum atomic E-state index is 12.2. The predicted molar refractivity (Wildman–Crippen MR) is 75.5 cm³/mol. The van der Waals surface area contributed by atoms with Gasteiger partial charge in [-0.05, 0) is 24.7 Å². The van der Waals surface area contributed by atoms with Crippen LogP contribution in [0.2, 0.25) is 0 Å². The molecule has 1 aliphatic heterocycles. The number of carbonyl (C=O) groups is 2. The fourth-order valence-electron chi connectivity index (χ4n) is 2.61. The van der Waals surface area contributed by atoms with Crippen molar-refractivity contribution >= 4 is 11.9 Å². The molecule has 2 atom stereocenters. The van der Waals surface area contributed by atoms with Crippen molar-refractivity contribution in [2.45, 2.75) is 26.2 Å². The smallest absolute Gasteiger partial charge is 0.317 e. The van der Waals surface area contributed by atoms with Crippen LogP contribution in [0.5, 0.6) is 0 Å². The van der Waals surface area contributed by atoms with E-state index >= 15 is 0 Å². The average Bonchev–Trinajstić information content (AvgIpc) is 2.39. The molecule has 0 radical (unpaired) electrons. The first-order valence-electron chi connectivity index (χ1n) is 7.22. The second-order valence-corrected chi connectivity index (χ2v) is 5.64. The molecular formula is C14H26N2O4. The summed E-state index contributed by atoms with van der Waals surface area (Å²) in [5.41, 5.74) is 0. The van der Waals surface area contributed by atoms with Gasteiger partial charge in [0.15, 0.2) is 0 Å². The third-order valence-electron chi connectivity index (χ3n) is 3.56. The van der Waals surface area contributed by atoms with Crippen LogP contribution in [0.4, 0.5) is 0 Å². The Balaban J connectivity index is 2.32. The number of carboxylic acids is 1. The van der Waals surface area contributed by atoms with Gasteiger partial charge in [0.1, 0.15) is 0 Å². The van der Waals surface area contributed by atoms with Gasteiger partial charge in [-0.1, -0.05) is 6.92 Å². The molecule has 1 rings (SSSR count). The van der Waals surface area contributed by atoms with E-state index in [0.29, 0.717) is 25.5 Å². The zero-order valence-corrected chi connectivity index (χ0v) is 12.4. The quantitative estimate of drug-likeness (QED) is 0.682. The first kappa shape index (κ1) is 16.9. The monoisotopic (exact) mass is 286 g/mol.